The smallest absolute Gasteiger partial charge is 0.192 e. The summed E-state index contributed by atoms with van der Waals surface area (Å²) in [5, 5.41) is 9.58. The van der Waals surface area contributed by atoms with Crippen molar-refractivity contribution in [1.29, 1.82) is 0 Å². The standard InChI is InChI=1S/C14H12O3/c1-10(9-11-5-4-8-17-11)14(16)12-6-2-3-7-13(12)15/h2-9,15H,1H3/b10-9+. The average Bonchev–Trinajstić information content (AvgIpc) is 2.81. The molecule has 3 heteroatoms. The predicted molar refractivity (Wildman–Crippen MR) is 64.8 cm³/mol. The molecule has 2 rings (SSSR count). The van der Waals surface area contributed by atoms with Gasteiger partial charge in [0.2, 0.25) is 0 Å². The van der Waals surface area contributed by atoms with Gasteiger partial charge in [0.25, 0.3) is 0 Å². The first-order chi connectivity index (χ1) is 8.18. The molecule has 1 aromatic carbocycles. The summed E-state index contributed by atoms with van der Waals surface area (Å²) in [6.07, 6.45) is 3.19. The lowest BCUT2D eigenvalue weighted by Crippen LogP contribution is -2.00. The van der Waals surface area contributed by atoms with Crippen LogP contribution in [0.15, 0.2) is 52.7 Å². The first kappa shape index (κ1) is 11.2. The number of carbonyl (C=O) groups is 1. The molecular formula is C14H12O3. The molecule has 0 saturated carbocycles. The summed E-state index contributed by atoms with van der Waals surface area (Å²) in [4.78, 5) is 12.0. The van der Waals surface area contributed by atoms with Crippen molar-refractivity contribution in [3.8, 4) is 5.75 Å². The van der Waals surface area contributed by atoms with E-state index in [0.29, 0.717) is 16.9 Å². The van der Waals surface area contributed by atoms with Crippen LogP contribution in [0.25, 0.3) is 6.08 Å². The molecule has 0 atom stereocenters. The third-order valence-corrected chi connectivity index (χ3v) is 2.41. The SMILES string of the molecule is C/C(=C\c1ccco1)C(=O)c1ccccc1O. The summed E-state index contributed by atoms with van der Waals surface area (Å²) in [7, 11) is 0. The maximum Gasteiger partial charge on any atom is 0.192 e. The Morgan fingerprint density at radius 3 is 2.65 bits per heavy atom. The number of hydrogen-bond acceptors (Lipinski definition) is 3. The first-order valence-electron chi connectivity index (χ1n) is 5.23. The van der Waals surface area contributed by atoms with Crippen LogP contribution in [-0.4, -0.2) is 10.9 Å². The highest BCUT2D eigenvalue weighted by Gasteiger charge is 2.12. The zero-order valence-electron chi connectivity index (χ0n) is 9.38. The van der Waals surface area contributed by atoms with Crippen LogP contribution >= 0.6 is 0 Å². The molecule has 2 aromatic rings. The van der Waals surface area contributed by atoms with E-state index in [1.165, 1.54) is 6.07 Å². The van der Waals surface area contributed by atoms with Gasteiger partial charge in [0.1, 0.15) is 11.5 Å². The van der Waals surface area contributed by atoms with Gasteiger partial charge in [-0.2, -0.15) is 0 Å². The zero-order chi connectivity index (χ0) is 12.3. The third kappa shape index (κ3) is 2.45. The average molecular weight is 228 g/mol. The highest BCUT2D eigenvalue weighted by atomic mass is 16.3. The number of hydrogen-bond donors (Lipinski definition) is 1. The largest absolute Gasteiger partial charge is 0.507 e. The Morgan fingerprint density at radius 2 is 2.00 bits per heavy atom. The molecule has 0 amide bonds. The molecule has 0 radical (unpaired) electrons. The van der Waals surface area contributed by atoms with Crippen molar-refractivity contribution in [3.05, 3.63) is 59.6 Å². The summed E-state index contributed by atoms with van der Waals surface area (Å²) in [6.45, 7) is 1.69. The van der Waals surface area contributed by atoms with Gasteiger partial charge < -0.3 is 9.52 Å². The van der Waals surface area contributed by atoms with Crippen LogP contribution < -0.4 is 0 Å². The van der Waals surface area contributed by atoms with Gasteiger partial charge in [-0.05, 0) is 37.3 Å². The van der Waals surface area contributed by atoms with Gasteiger partial charge in [-0.25, -0.2) is 0 Å². The van der Waals surface area contributed by atoms with Gasteiger partial charge in [0, 0.05) is 5.57 Å². The van der Waals surface area contributed by atoms with E-state index in [4.69, 9.17) is 4.42 Å². The second-order valence-electron chi connectivity index (χ2n) is 3.69. The van der Waals surface area contributed by atoms with Crippen LogP contribution in [0, 0.1) is 0 Å². The topological polar surface area (TPSA) is 50.4 Å². The first-order valence-corrected chi connectivity index (χ1v) is 5.23. The molecule has 1 N–H and O–H groups in total. The van der Waals surface area contributed by atoms with Crippen molar-refractivity contribution in [1.82, 2.24) is 0 Å². The quantitative estimate of drug-likeness (QED) is 0.648. The van der Waals surface area contributed by atoms with Gasteiger partial charge in [-0.1, -0.05) is 12.1 Å². The molecule has 86 valence electrons. The monoisotopic (exact) mass is 228 g/mol. The molecule has 0 aliphatic rings. The van der Waals surface area contributed by atoms with Crippen LogP contribution in [0.2, 0.25) is 0 Å². The van der Waals surface area contributed by atoms with Crippen molar-refractivity contribution in [2.45, 2.75) is 6.92 Å². The zero-order valence-corrected chi connectivity index (χ0v) is 9.38. The van der Waals surface area contributed by atoms with Gasteiger partial charge in [0.15, 0.2) is 5.78 Å². The van der Waals surface area contributed by atoms with E-state index in [-0.39, 0.29) is 11.5 Å². The van der Waals surface area contributed by atoms with E-state index in [0.717, 1.165) is 0 Å². The summed E-state index contributed by atoms with van der Waals surface area (Å²) in [5.41, 5.74) is 0.814. The normalized spacial score (nSPS) is 11.5. The number of para-hydroxylation sites is 1. The number of allylic oxidation sites excluding steroid dienone is 1. The highest BCUT2D eigenvalue weighted by Crippen LogP contribution is 2.20. The lowest BCUT2D eigenvalue weighted by Gasteiger charge is -2.02. The molecule has 0 unspecified atom stereocenters. The highest BCUT2D eigenvalue weighted by molar-refractivity contribution is 6.12. The van der Waals surface area contributed by atoms with E-state index in [2.05, 4.69) is 0 Å². The second kappa shape index (κ2) is 4.70. The Hall–Kier alpha value is -2.29. The Labute approximate surface area is 99.0 Å². The van der Waals surface area contributed by atoms with Crippen LogP contribution in [0.5, 0.6) is 5.75 Å². The van der Waals surface area contributed by atoms with Crippen molar-refractivity contribution in [2.24, 2.45) is 0 Å². The van der Waals surface area contributed by atoms with Gasteiger partial charge in [-0.3, -0.25) is 4.79 Å². The van der Waals surface area contributed by atoms with Crippen molar-refractivity contribution >= 4 is 11.9 Å². The molecule has 3 nitrogen and oxygen atoms in total. The number of phenolic OH excluding ortho intramolecular Hbond substituents is 1. The number of aromatic hydroxyl groups is 1. The molecule has 1 heterocycles. The molecule has 0 aliphatic carbocycles. The molecule has 1 aromatic heterocycles. The lowest BCUT2D eigenvalue weighted by atomic mass is 10.0. The fourth-order valence-electron chi connectivity index (χ4n) is 1.53. The van der Waals surface area contributed by atoms with E-state index < -0.39 is 0 Å². The summed E-state index contributed by atoms with van der Waals surface area (Å²) in [6, 6.07) is 10.0. The fourth-order valence-corrected chi connectivity index (χ4v) is 1.53. The number of carbonyl (C=O) groups excluding carboxylic acids is 1. The minimum Gasteiger partial charge on any atom is -0.507 e. The van der Waals surface area contributed by atoms with Crippen LogP contribution in [-0.2, 0) is 0 Å². The predicted octanol–water partition coefficient (Wildman–Crippen LogP) is 3.27. The van der Waals surface area contributed by atoms with Crippen LogP contribution in [0.3, 0.4) is 0 Å². The minimum absolute atomic E-state index is 0.00954. The molecule has 17 heavy (non-hydrogen) atoms. The van der Waals surface area contributed by atoms with E-state index in [9.17, 15) is 9.90 Å². The van der Waals surface area contributed by atoms with E-state index in [1.54, 1.807) is 49.6 Å². The molecule has 0 aliphatic heterocycles. The summed E-state index contributed by atoms with van der Waals surface area (Å²) in [5.74, 6) is 0.399. The molecule has 0 spiro atoms. The summed E-state index contributed by atoms with van der Waals surface area (Å²) < 4.78 is 5.13. The fraction of sp³-hybridized carbons (Fsp3) is 0.0714. The number of phenols is 1. The maximum atomic E-state index is 12.0. The Bertz CT molecular complexity index is 551. The number of rotatable bonds is 3. The number of ketones is 1. The Kier molecular flexibility index (Phi) is 3.10. The van der Waals surface area contributed by atoms with Crippen molar-refractivity contribution in [2.75, 3.05) is 0 Å². The Balaban J connectivity index is 2.30. The minimum atomic E-state index is -0.209. The number of furan rings is 1. The maximum absolute atomic E-state index is 12.0. The third-order valence-electron chi connectivity index (χ3n) is 2.41. The molecule has 0 saturated heterocycles. The van der Waals surface area contributed by atoms with Crippen LogP contribution in [0.1, 0.15) is 23.0 Å². The number of Topliss-reactive ketones (excluding diaryl/α,β-unsaturated/α-hetero) is 1. The molecule has 0 fully saturated rings. The van der Waals surface area contributed by atoms with Crippen LogP contribution in [0.4, 0.5) is 0 Å². The van der Waals surface area contributed by atoms with E-state index in [1.807, 2.05) is 0 Å². The second-order valence-corrected chi connectivity index (χ2v) is 3.69. The molecular weight excluding hydrogens is 216 g/mol. The van der Waals surface area contributed by atoms with E-state index >= 15 is 0 Å². The van der Waals surface area contributed by atoms with Crippen molar-refractivity contribution in [3.63, 3.8) is 0 Å². The van der Waals surface area contributed by atoms with Gasteiger partial charge in [-0.15, -0.1) is 0 Å². The van der Waals surface area contributed by atoms with Gasteiger partial charge in [0.05, 0.1) is 11.8 Å². The Morgan fingerprint density at radius 1 is 1.24 bits per heavy atom. The molecule has 0 bridgehead atoms. The van der Waals surface area contributed by atoms with Gasteiger partial charge >= 0.3 is 0 Å². The number of benzene rings is 1. The lowest BCUT2D eigenvalue weighted by molar-refractivity contribution is 0.103. The van der Waals surface area contributed by atoms with Crippen molar-refractivity contribution < 1.29 is 14.3 Å². The summed E-state index contributed by atoms with van der Waals surface area (Å²) >= 11 is 0.